The maximum absolute atomic E-state index is 13.2. The molecule has 0 saturated heterocycles. The van der Waals surface area contributed by atoms with Gasteiger partial charge in [0.05, 0.1) is 27.8 Å². The number of nitrogens with one attached hydrogen (secondary N) is 2. The van der Waals surface area contributed by atoms with Gasteiger partial charge in [-0.15, -0.1) is 11.3 Å². The third-order valence-corrected chi connectivity index (χ3v) is 5.55. The van der Waals surface area contributed by atoms with Gasteiger partial charge in [0.25, 0.3) is 5.91 Å². The van der Waals surface area contributed by atoms with E-state index >= 15 is 0 Å². The van der Waals surface area contributed by atoms with E-state index in [1.165, 1.54) is 6.07 Å². The van der Waals surface area contributed by atoms with E-state index in [9.17, 15) is 27.6 Å². The number of nitrogens with zero attached hydrogens (tertiary/aromatic N) is 1. The summed E-state index contributed by atoms with van der Waals surface area (Å²) < 4.78 is 49.0. The molecular weight excluding hydrogens is 463 g/mol. The highest BCUT2D eigenvalue weighted by atomic mass is 32.1. The molecule has 1 aromatic carbocycles. The first-order chi connectivity index (χ1) is 15.7. The summed E-state index contributed by atoms with van der Waals surface area (Å²) in [6.07, 6.45) is -4.50. The van der Waals surface area contributed by atoms with Crippen molar-refractivity contribution in [2.24, 2.45) is 0 Å². The lowest BCUT2D eigenvalue weighted by atomic mass is 10.2. The van der Waals surface area contributed by atoms with Gasteiger partial charge in [-0.05, 0) is 17.7 Å². The summed E-state index contributed by atoms with van der Waals surface area (Å²) in [5.74, 6) is -1.58. The maximum Gasteiger partial charge on any atom is 0.417 e. The molecule has 2 amide bonds. The average Bonchev–Trinajstić information content (AvgIpc) is 3.24. The number of carbonyl (C=O) groups excluding carboxylic acids is 3. The Labute approximate surface area is 189 Å². The largest absolute Gasteiger partial charge is 0.467 e. The molecule has 0 aliphatic carbocycles. The highest BCUT2D eigenvalue weighted by Crippen LogP contribution is 2.37. The number of halogens is 3. The number of hydrogen-bond donors (Lipinski definition) is 2. The summed E-state index contributed by atoms with van der Waals surface area (Å²) >= 11 is 0.622. The summed E-state index contributed by atoms with van der Waals surface area (Å²) in [7, 11) is 1.10. The molecule has 3 rings (SSSR count). The van der Waals surface area contributed by atoms with Crippen molar-refractivity contribution in [3.63, 3.8) is 0 Å². The molecule has 0 fully saturated rings. The Kier molecular flexibility index (Phi) is 7.48. The van der Waals surface area contributed by atoms with Crippen molar-refractivity contribution in [1.29, 1.82) is 0 Å². The standard InChI is InChI=1S/C21H18F3N3O5S/c1-31-19(29)15(27-20(30)32-11-12-5-3-2-4-6-12)10-26-18(28)16-9-14-17(33-16)13(7-8-25-14)21(22,23)24/h2-9,15H,10-11H2,1H3,(H,26,28)(H,27,30)/t15-/m1/s1. The molecule has 2 heterocycles. The zero-order valence-corrected chi connectivity index (χ0v) is 18.0. The van der Waals surface area contributed by atoms with E-state index in [4.69, 9.17) is 4.74 Å². The van der Waals surface area contributed by atoms with Crippen molar-refractivity contribution >= 4 is 39.5 Å². The number of pyridine rings is 1. The highest BCUT2D eigenvalue weighted by Gasteiger charge is 2.34. The number of benzene rings is 1. The van der Waals surface area contributed by atoms with E-state index in [2.05, 4.69) is 20.4 Å². The summed E-state index contributed by atoms with van der Waals surface area (Å²) in [6.45, 7) is -0.414. The van der Waals surface area contributed by atoms with Crippen LogP contribution in [-0.4, -0.2) is 42.7 Å². The molecule has 3 aromatic rings. The van der Waals surface area contributed by atoms with E-state index in [1.54, 1.807) is 30.3 Å². The predicted octanol–water partition coefficient (Wildman–Crippen LogP) is 3.51. The summed E-state index contributed by atoms with van der Waals surface area (Å²) in [4.78, 5) is 40.3. The minimum absolute atomic E-state index is 0.0205. The topological polar surface area (TPSA) is 107 Å². The van der Waals surface area contributed by atoms with Crippen LogP contribution < -0.4 is 10.6 Å². The van der Waals surface area contributed by atoms with Gasteiger partial charge in [-0.2, -0.15) is 13.2 Å². The van der Waals surface area contributed by atoms with Crippen LogP contribution in [0.15, 0.2) is 48.7 Å². The van der Waals surface area contributed by atoms with Gasteiger partial charge in [0, 0.05) is 12.7 Å². The fourth-order valence-electron chi connectivity index (χ4n) is 2.80. The molecule has 0 saturated carbocycles. The summed E-state index contributed by atoms with van der Waals surface area (Å²) in [5.41, 5.74) is -0.147. The number of fused-ring (bicyclic) bond motifs is 1. The molecule has 0 aliphatic heterocycles. The molecule has 8 nitrogen and oxygen atoms in total. The van der Waals surface area contributed by atoms with E-state index in [0.717, 1.165) is 24.9 Å². The minimum atomic E-state index is -4.60. The van der Waals surface area contributed by atoms with Crippen LogP contribution in [0.1, 0.15) is 20.8 Å². The number of esters is 1. The SMILES string of the molecule is COC(=O)[C@@H](CNC(=O)c1cc2nccc(C(F)(F)F)c2s1)NC(=O)OCc1ccccc1. The van der Waals surface area contributed by atoms with Crippen LogP contribution >= 0.6 is 11.3 Å². The minimum Gasteiger partial charge on any atom is -0.467 e. The smallest absolute Gasteiger partial charge is 0.417 e. The van der Waals surface area contributed by atoms with Gasteiger partial charge in [0.1, 0.15) is 12.6 Å². The van der Waals surface area contributed by atoms with Crippen LogP contribution in [0.25, 0.3) is 10.2 Å². The Bertz CT molecular complexity index is 1150. The summed E-state index contributed by atoms with van der Waals surface area (Å²) in [5, 5.41) is 4.70. The van der Waals surface area contributed by atoms with Gasteiger partial charge < -0.3 is 20.1 Å². The fraction of sp³-hybridized carbons (Fsp3) is 0.238. The van der Waals surface area contributed by atoms with Gasteiger partial charge in [-0.1, -0.05) is 30.3 Å². The Morgan fingerprint density at radius 3 is 2.55 bits per heavy atom. The number of alkyl halides is 3. The van der Waals surface area contributed by atoms with Crippen molar-refractivity contribution in [2.45, 2.75) is 18.8 Å². The van der Waals surface area contributed by atoms with Crippen molar-refractivity contribution in [3.05, 3.63) is 64.7 Å². The van der Waals surface area contributed by atoms with Gasteiger partial charge in [-0.3, -0.25) is 9.78 Å². The number of amides is 2. The summed E-state index contributed by atoms with van der Waals surface area (Å²) in [6, 6.07) is 9.61. The molecule has 0 bridgehead atoms. The second-order valence-electron chi connectivity index (χ2n) is 6.67. The Balaban J connectivity index is 1.64. The number of ether oxygens (including phenoxy) is 2. The Hall–Kier alpha value is -3.67. The van der Waals surface area contributed by atoms with E-state index < -0.39 is 35.8 Å². The van der Waals surface area contributed by atoms with E-state index in [0.29, 0.717) is 11.3 Å². The molecule has 0 spiro atoms. The quantitative estimate of drug-likeness (QED) is 0.501. The third kappa shape index (κ3) is 6.19. The lowest BCUT2D eigenvalue weighted by Gasteiger charge is -2.17. The normalized spacial score (nSPS) is 12.1. The highest BCUT2D eigenvalue weighted by molar-refractivity contribution is 7.21. The second kappa shape index (κ2) is 10.3. The van der Waals surface area contributed by atoms with Crippen molar-refractivity contribution in [1.82, 2.24) is 15.6 Å². The number of thiophene rings is 1. The number of rotatable bonds is 7. The van der Waals surface area contributed by atoms with Crippen LogP contribution in [0.2, 0.25) is 0 Å². The zero-order valence-electron chi connectivity index (χ0n) is 17.1. The van der Waals surface area contributed by atoms with Gasteiger partial charge in [0.2, 0.25) is 0 Å². The van der Waals surface area contributed by atoms with Crippen molar-refractivity contribution in [3.8, 4) is 0 Å². The number of carbonyl (C=O) groups is 3. The monoisotopic (exact) mass is 481 g/mol. The van der Waals surface area contributed by atoms with Crippen molar-refractivity contribution < 1.29 is 37.0 Å². The van der Waals surface area contributed by atoms with Gasteiger partial charge >= 0.3 is 18.2 Å². The van der Waals surface area contributed by atoms with Crippen LogP contribution in [-0.2, 0) is 27.1 Å². The number of alkyl carbamates (subject to hydrolysis) is 1. The first-order valence-corrected chi connectivity index (χ1v) is 10.3. The number of methoxy groups -OCH3 is 1. The lowest BCUT2D eigenvalue weighted by Crippen LogP contribution is -2.49. The Morgan fingerprint density at radius 1 is 1.15 bits per heavy atom. The van der Waals surface area contributed by atoms with E-state index in [1.807, 2.05) is 0 Å². The number of aromatic nitrogens is 1. The Morgan fingerprint density at radius 2 is 1.88 bits per heavy atom. The predicted molar refractivity (Wildman–Crippen MR) is 113 cm³/mol. The van der Waals surface area contributed by atoms with Crippen molar-refractivity contribution in [2.75, 3.05) is 13.7 Å². The molecule has 0 radical (unpaired) electrons. The molecule has 0 unspecified atom stereocenters. The molecule has 33 heavy (non-hydrogen) atoms. The second-order valence-corrected chi connectivity index (χ2v) is 7.73. The molecule has 174 valence electrons. The van der Waals surface area contributed by atoms with Crippen LogP contribution in [0.5, 0.6) is 0 Å². The molecule has 2 N–H and O–H groups in total. The number of hydrogen-bond acceptors (Lipinski definition) is 7. The first-order valence-electron chi connectivity index (χ1n) is 9.48. The lowest BCUT2D eigenvalue weighted by molar-refractivity contribution is -0.142. The molecule has 12 heteroatoms. The van der Waals surface area contributed by atoms with Gasteiger partial charge in [0.15, 0.2) is 0 Å². The molecule has 2 aromatic heterocycles. The molecular formula is C21H18F3N3O5S. The van der Waals surface area contributed by atoms with Crippen LogP contribution in [0.4, 0.5) is 18.0 Å². The van der Waals surface area contributed by atoms with Crippen LogP contribution in [0.3, 0.4) is 0 Å². The third-order valence-electron chi connectivity index (χ3n) is 4.40. The first kappa shape index (κ1) is 24.0. The molecule has 0 aliphatic rings. The fourth-order valence-corrected chi connectivity index (χ4v) is 3.86. The van der Waals surface area contributed by atoms with Gasteiger partial charge in [-0.25, -0.2) is 9.59 Å². The average molecular weight is 481 g/mol. The van der Waals surface area contributed by atoms with E-state index in [-0.39, 0.29) is 28.2 Å². The zero-order chi connectivity index (χ0) is 24.0. The molecule has 1 atom stereocenters. The maximum atomic E-state index is 13.2. The van der Waals surface area contributed by atoms with Crippen LogP contribution in [0, 0.1) is 0 Å².